The fourth-order valence-corrected chi connectivity index (χ4v) is 2.05. The molecule has 2 aromatic carbocycles. The normalized spacial score (nSPS) is 9.58. The van der Waals surface area contributed by atoms with Crippen molar-refractivity contribution in [2.24, 2.45) is 0 Å². The van der Waals surface area contributed by atoms with Crippen LogP contribution in [-0.2, 0) is 40.4 Å². The molecule has 0 spiro atoms. The maximum atomic E-state index is 4.60. The summed E-state index contributed by atoms with van der Waals surface area (Å²) in [5, 5.41) is 9.21. The molecule has 2 rings (SSSR count). The van der Waals surface area contributed by atoms with Crippen LogP contribution < -0.4 is 0 Å². The van der Waals surface area contributed by atoms with Crippen molar-refractivity contribution < 1.29 is 27.3 Å². The molecule has 0 N–H and O–H groups in total. The molecule has 5 heteroatoms. The Hall–Kier alpha value is 0.502. The van der Waals surface area contributed by atoms with Gasteiger partial charge in [-0.2, -0.15) is 0 Å². The van der Waals surface area contributed by atoms with Crippen LogP contribution in [0.2, 0.25) is 0 Å². The van der Waals surface area contributed by atoms with Gasteiger partial charge in [-0.05, 0) is 6.54 Å². The maximum Gasteiger partial charge on any atom is 2.00 e. The Kier molecular flexibility index (Phi) is 18.9. The van der Waals surface area contributed by atoms with E-state index in [0.29, 0.717) is 0 Å². The zero-order chi connectivity index (χ0) is 14.8. The maximum absolute atomic E-state index is 4.60. The van der Waals surface area contributed by atoms with Crippen molar-refractivity contribution in [2.45, 2.75) is 20.0 Å². The van der Waals surface area contributed by atoms with Crippen LogP contribution in [0.5, 0.6) is 0 Å². The Balaban J connectivity index is 0. The first-order valence-electron chi connectivity index (χ1n) is 7.45. The Morgan fingerprint density at radius 1 is 0.750 bits per heavy atom. The van der Waals surface area contributed by atoms with Gasteiger partial charge in [-0.15, -0.1) is 13.1 Å². The number of nitrogens with zero attached hydrogens (tertiary/aromatic N) is 3. The largest absolute Gasteiger partial charge is 2.00 e. The Morgan fingerprint density at radius 2 is 1.12 bits per heavy atom. The Labute approximate surface area is 197 Å². The molecule has 0 aliphatic heterocycles. The monoisotopic (exact) mass is 450 g/mol. The number of hydrogen-bond acceptors (Lipinski definition) is 1. The van der Waals surface area contributed by atoms with E-state index < -0.39 is 0 Å². The molecule has 0 aliphatic carbocycles. The molecule has 0 bridgehead atoms. The molecule has 0 amide bonds. The van der Waals surface area contributed by atoms with Crippen molar-refractivity contribution in [3.05, 3.63) is 89.9 Å². The van der Waals surface area contributed by atoms with E-state index in [0.717, 1.165) is 33.0 Å². The molecule has 0 aromatic heterocycles. The minimum atomic E-state index is 0. The average molecular weight is 449 g/mol. The molecule has 0 saturated heterocycles. The third kappa shape index (κ3) is 11.2. The van der Waals surface area contributed by atoms with Crippen molar-refractivity contribution >= 4 is 37.7 Å². The molecule has 2 aromatic rings. The zero-order valence-corrected chi connectivity index (χ0v) is 21.3. The summed E-state index contributed by atoms with van der Waals surface area (Å²) in [4.78, 5) is 2.24. The summed E-state index contributed by atoms with van der Waals surface area (Å²) in [7, 11) is 0. The van der Waals surface area contributed by atoms with E-state index in [1.54, 1.807) is 0 Å². The summed E-state index contributed by atoms with van der Waals surface area (Å²) in [5.41, 5.74) is 2.52. The third-order valence-electron chi connectivity index (χ3n) is 3.32. The second kappa shape index (κ2) is 16.9. The predicted octanol–water partition coefficient (Wildman–Crippen LogP) is 4.44. The molecule has 0 saturated carbocycles. The summed E-state index contributed by atoms with van der Waals surface area (Å²) in [6.07, 6.45) is 0. The molecular weight excluding hydrogens is 423 g/mol. The van der Waals surface area contributed by atoms with Gasteiger partial charge in [0.05, 0.1) is 0 Å². The van der Waals surface area contributed by atoms with Gasteiger partial charge in [0.1, 0.15) is 0 Å². The molecule has 0 radical (unpaired) electrons. The van der Waals surface area contributed by atoms with Gasteiger partial charge in [0.2, 0.25) is 0 Å². The molecule has 3 nitrogen and oxygen atoms in total. The van der Waals surface area contributed by atoms with E-state index in [-0.39, 0.29) is 72.5 Å². The summed E-state index contributed by atoms with van der Waals surface area (Å²) in [5.74, 6) is 0. The molecule has 0 heterocycles. The van der Waals surface area contributed by atoms with Crippen molar-refractivity contribution in [2.75, 3.05) is 19.9 Å². The summed E-state index contributed by atoms with van der Waals surface area (Å²) >= 11 is 0. The van der Waals surface area contributed by atoms with Crippen LogP contribution in [0.25, 0.3) is 10.6 Å². The van der Waals surface area contributed by atoms with Gasteiger partial charge in [0, 0.05) is 27.3 Å². The molecule has 0 fully saturated rings. The summed E-state index contributed by atoms with van der Waals surface area (Å²) in [6, 6.07) is 20.7. The van der Waals surface area contributed by atoms with Crippen molar-refractivity contribution in [1.29, 1.82) is 0 Å². The van der Waals surface area contributed by atoms with Crippen molar-refractivity contribution in [1.82, 2.24) is 4.90 Å². The van der Waals surface area contributed by atoms with Crippen LogP contribution in [0.4, 0.5) is 0 Å². The van der Waals surface area contributed by atoms with Gasteiger partial charge in [-0.1, -0.05) is 92.1 Å². The molecule has 0 atom stereocenters. The smallest absolute Gasteiger partial charge is 0.646 e. The van der Waals surface area contributed by atoms with Gasteiger partial charge in [-0.3, -0.25) is 0 Å². The van der Waals surface area contributed by atoms with Crippen LogP contribution in [0.1, 0.15) is 18.1 Å². The minimum absolute atomic E-state index is 0. The Bertz CT molecular complexity index is 451. The van der Waals surface area contributed by atoms with Crippen molar-refractivity contribution in [3.8, 4) is 0 Å². The molecular formula is C19H26CaCdN3-. The minimum Gasteiger partial charge on any atom is -0.646 e. The van der Waals surface area contributed by atoms with Gasteiger partial charge < -0.3 is 23.0 Å². The molecule has 122 valence electrons. The standard InChI is InChI=1S/C18H23N3.CH3.Ca.Cd/c1-2-21(15-19-13-17-9-5-3-6-10-17)16-20-14-18-11-7-4-8-12-18;;;/h3-12H,2,13-16H2,1H3;1H3;;/q-2;-1;+2;. The molecule has 0 aliphatic rings. The fraction of sp³-hybridized carbons (Fsp3) is 0.316. The van der Waals surface area contributed by atoms with E-state index in [1.165, 1.54) is 11.1 Å². The topological polar surface area (TPSA) is 31.4 Å². The first-order chi connectivity index (χ1) is 10.4. The molecule has 0 unspecified atom stereocenters. The number of benzene rings is 2. The Morgan fingerprint density at radius 3 is 1.46 bits per heavy atom. The van der Waals surface area contributed by atoms with Crippen molar-refractivity contribution in [3.63, 3.8) is 0 Å². The van der Waals surface area contributed by atoms with Crippen LogP contribution in [0.15, 0.2) is 60.7 Å². The van der Waals surface area contributed by atoms with E-state index in [1.807, 2.05) is 12.1 Å². The van der Waals surface area contributed by atoms with Crippen LogP contribution >= 0.6 is 0 Å². The average Bonchev–Trinajstić information content (AvgIpc) is 2.55. The third-order valence-corrected chi connectivity index (χ3v) is 3.32. The number of rotatable bonds is 9. The van der Waals surface area contributed by atoms with E-state index in [9.17, 15) is 0 Å². The quantitative estimate of drug-likeness (QED) is 0.412. The predicted molar refractivity (Wildman–Crippen MR) is 101 cm³/mol. The van der Waals surface area contributed by atoms with Gasteiger partial charge in [-0.25, -0.2) is 0 Å². The van der Waals surface area contributed by atoms with E-state index >= 15 is 0 Å². The molecule has 24 heavy (non-hydrogen) atoms. The SMILES string of the molecule is CCN(C[N-]Cc1ccccc1)C[N-]Cc1ccccc1.[CH3-].[Ca+2].[Cd]. The first kappa shape index (κ1) is 26.7. The number of hydrogen-bond donors (Lipinski definition) is 0. The van der Waals surface area contributed by atoms with Gasteiger partial charge in [0.15, 0.2) is 0 Å². The van der Waals surface area contributed by atoms with Gasteiger partial charge >= 0.3 is 37.7 Å². The van der Waals surface area contributed by atoms with Crippen LogP contribution in [-0.4, -0.2) is 62.5 Å². The zero-order valence-electron chi connectivity index (χ0n) is 15.1. The fourth-order valence-electron chi connectivity index (χ4n) is 2.05. The van der Waals surface area contributed by atoms with E-state index in [4.69, 9.17) is 0 Å². The second-order valence-electron chi connectivity index (χ2n) is 5.00. The van der Waals surface area contributed by atoms with Crippen LogP contribution in [0.3, 0.4) is 0 Å². The van der Waals surface area contributed by atoms with E-state index in [2.05, 4.69) is 71.0 Å². The summed E-state index contributed by atoms with van der Waals surface area (Å²) in [6.45, 7) is 6.14. The van der Waals surface area contributed by atoms with Gasteiger partial charge in [0.25, 0.3) is 0 Å². The summed E-state index contributed by atoms with van der Waals surface area (Å²) < 4.78 is 0. The second-order valence-corrected chi connectivity index (χ2v) is 5.00. The van der Waals surface area contributed by atoms with Crippen LogP contribution in [0, 0.1) is 7.43 Å². The first-order valence-corrected chi connectivity index (χ1v) is 7.45.